The molecule has 142 valence electrons. The number of rotatable bonds is 5. The number of hydrogen-bond acceptors (Lipinski definition) is 7. The maximum atomic E-state index is 13.1. The van der Waals surface area contributed by atoms with Crippen molar-refractivity contribution in [1.82, 2.24) is 14.1 Å². The minimum Gasteiger partial charge on any atom is -0.467 e. The number of ether oxygens (including phenoxy) is 1. The summed E-state index contributed by atoms with van der Waals surface area (Å²) in [6.07, 6.45) is 2.36. The van der Waals surface area contributed by atoms with Crippen molar-refractivity contribution in [3.05, 3.63) is 55.8 Å². The van der Waals surface area contributed by atoms with Gasteiger partial charge in [0.1, 0.15) is 6.04 Å². The van der Waals surface area contributed by atoms with Crippen molar-refractivity contribution in [1.29, 1.82) is 0 Å². The lowest BCUT2D eigenvalue weighted by Gasteiger charge is -2.20. The smallest absolute Gasteiger partial charge is 0.355 e. The molecule has 0 N–H and O–H groups in total. The first-order valence-corrected chi connectivity index (χ1v) is 8.65. The van der Waals surface area contributed by atoms with Crippen LogP contribution in [0.15, 0.2) is 39.0 Å². The van der Waals surface area contributed by atoms with Crippen LogP contribution < -0.4 is 16.4 Å². The molecule has 0 aliphatic carbocycles. The summed E-state index contributed by atoms with van der Waals surface area (Å²) in [5.41, 5.74) is -0.717. The van der Waals surface area contributed by atoms with E-state index in [2.05, 4.69) is 14.8 Å². The van der Waals surface area contributed by atoms with Crippen LogP contribution in [0.25, 0.3) is 0 Å². The quantitative estimate of drug-likeness (QED) is 0.706. The summed E-state index contributed by atoms with van der Waals surface area (Å²) in [5.74, 6) is -0.581. The Bertz CT molecular complexity index is 996. The van der Waals surface area contributed by atoms with Crippen molar-refractivity contribution in [3.63, 3.8) is 0 Å². The highest BCUT2D eigenvalue weighted by Crippen LogP contribution is 2.16. The highest BCUT2D eigenvalue weighted by atomic mass is 35.5. The summed E-state index contributed by atoms with van der Waals surface area (Å²) >= 11 is 5.91. The third-order valence-corrected chi connectivity index (χ3v) is 4.44. The van der Waals surface area contributed by atoms with Gasteiger partial charge in [-0.3, -0.25) is 4.57 Å². The van der Waals surface area contributed by atoms with Gasteiger partial charge in [0.25, 0.3) is 0 Å². The highest BCUT2D eigenvalue weighted by Gasteiger charge is 2.25. The molecule has 0 saturated carbocycles. The number of halogens is 1. The molecule has 0 amide bonds. The molecule has 2 aromatic rings. The second kappa shape index (κ2) is 7.75. The lowest BCUT2D eigenvalue weighted by atomic mass is 10.2. The standard InChI is InChI=1S/C17H18ClN5O4/c1-11(14(24)27-2)23-16(25)20-15(22-9-3-8-19-22)21(17(23)26)10-12-4-6-13(18)7-5-12/h4-8,11H,3,9-10H2,1-2H3/t11-/m1/s1. The Morgan fingerprint density at radius 3 is 2.59 bits per heavy atom. The predicted molar refractivity (Wildman–Crippen MR) is 100 cm³/mol. The van der Waals surface area contributed by atoms with Gasteiger partial charge in [-0.15, -0.1) is 0 Å². The topological polar surface area (TPSA) is 98.8 Å². The molecule has 1 aliphatic heterocycles. The lowest BCUT2D eigenvalue weighted by Crippen LogP contribution is -2.47. The van der Waals surface area contributed by atoms with Crippen molar-refractivity contribution in [2.45, 2.75) is 25.9 Å². The van der Waals surface area contributed by atoms with E-state index in [0.29, 0.717) is 18.0 Å². The molecular formula is C17H18ClN5O4. The Morgan fingerprint density at radius 1 is 1.30 bits per heavy atom. The van der Waals surface area contributed by atoms with E-state index in [1.54, 1.807) is 30.5 Å². The first kappa shape index (κ1) is 18.8. The molecule has 1 aliphatic rings. The molecule has 0 saturated heterocycles. The number of aromatic nitrogens is 3. The molecule has 1 atom stereocenters. The van der Waals surface area contributed by atoms with E-state index < -0.39 is 23.4 Å². The molecule has 3 rings (SSSR count). The largest absolute Gasteiger partial charge is 0.467 e. The number of anilines is 1. The molecular weight excluding hydrogens is 374 g/mol. The van der Waals surface area contributed by atoms with E-state index >= 15 is 0 Å². The van der Waals surface area contributed by atoms with E-state index in [1.807, 2.05) is 0 Å². The minimum atomic E-state index is -1.10. The van der Waals surface area contributed by atoms with Crippen LogP contribution in [-0.2, 0) is 16.1 Å². The molecule has 10 heteroatoms. The summed E-state index contributed by atoms with van der Waals surface area (Å²) in [7, 11) is 1.19. The van der Waals surface area contributed by atoms with Gasteiger partial charge in [0.05, 0.1) is 13.7 Å². The van der Waals surface area contributed by atoms with Crippen LogP contribution in [0.1, 0.15) is 24.9 Å². The maximum absolute atomic E-state index is 13.1. The first-order valence-electron chi connectivity index (χ1n) is 8.28. The van der Waals surface area contributed by atoms with Gasteiger partial charge in [-0.1, -0.05) is 23.7 Å². The third-order valence-electron chi connectivity index (χ3n) is 4.19. The molecule has 9 nitrogen and oxygen atoms in total. The lowest BCUT2D eigenvalue weighted by molar-refractivity contribution is -0.144. The number of esters is 1. The normalized spacial score (nSPS) is 14.4. The average Bonchev–Trinajstić information content (AvgIpc) is 3.19. The van der Waals surface area contributed by atoms with E-state index in [0.717, 1.165) is 10.1 Å². The van der Waals surface area contributed by atoms with Crippen LogP contribution >= 0.6 is 11.6 Å². The second-order valence-electron chi connectivity index (χ2n) is 5.97. The van der Waals surface area contributed by atoms with Crippen LogP contribution in [0.2, 0.25) is 5.02 Å². The summed E-state index contributed by atoms with van der Waals surface area (Å²) in [4.78, 5) is 41.4. The third kappa shape index (κ3) is 3.77. The van der Waals surface area contributed by atoms with Crippen LogP contribution in [0.4, 0.5) is 5.95 Å². The van der Waals surface area contributed by atoms with Gasteiger partial charge in [0.15, 0.2) is 0 Å². The van der Waals surface area contributed by atoms with Gasteiger partial charge in [0.2, 0.25) is 5.95 Å². The Hall–Kier alpha value is -2.94. The molecule has 2 heterocycles. The zero-order valence-corrected chi connectivity index (χ0v) is 15.6. The highest BCUT2D eigenvalue weighted by molar-refractivity contribution is 6.30. The first-order chi connectivity index (χ1) is 12.9. The monoisotopic (exact) mass is 391 g/mol. The van der Waals surface area contributed by atoms with E-state index in [-0.39, 0.29) is 12.5 Å². The fourth-order valence-electron chi connectivity index (χ4n) is 2.76. The zero-order chi connectivity index (χ0) is 19.6. The summed E-state index contributed by atoms with van der Waals surface area (Å²) in [6, 6.07) is 5.84. The number of hydrazone groups is 1. The molecule has 0 spiro atoms. The van der Waals surface area contributed by atoms with Crippen molar-refractivity contribution >= 4 is 29.7 Å². The molecule has 0 bridgehead atoms. The van der Waals surface area contributed by atoms with Crippen molar-refractivity contribution in [2.75, 3.05) is 18.7 Å². The number of carbonyl (C=O) groups is 1. The van der Waals surface area contributed by atoms with Gasteiger partial charge in [-0.05, 0) is 24.6 Å². The predicted octanol–water partition coefficient (Wildman–Crippen LogP) is 1.04. The summed E-state index contributed by atoms with van der Waals surface area (Å²) in [5, 5.41) is 6.21. The fraction of sp³-hybridized carbons (Fsp3) is 0.353. The second-order valence-corrected chi connectivity index (χ2v) is 6.40. The van der Waals surface area contributed by atoms with Crippen LogP contribution in [0.5, 0.6) is 0 Å². The van der Waals surface area contributed by atoms with Crippen molar-refractivity contribution in [3.8, 4) is 0 Å². The average molecular weight is 392 g/mol. The number of carbonyl (C=O) groups excluding carboxylic acids is 1. The van der Waals surface area contributed by atoms with E-state index in [1.165, 1.54) is 23.6 Å². The number of hydrogen-bond donors (Lipinski definition) is 0. The summed E-state index contributed by atoms with van der Waals surface area (Å²) in [6.45, 7) is 2.05. The maximum Gasteiger partial charge on any atom is 0.355 e. The van der Waals surface area contributed by atoms with Gasteiger partial charge in [-0.25, -0.2) is 24.0 Å². The van der Waals surface area contributed by atoms with E-state index in [4.69, 9.17) is 11.6 Å². The van der Waals surface area contributed by atoms with Crippen LogP contribution in [0.3, 0.4) is 0 Å². The van der Waals surface area contributed by atoms with Gasteiger partial charge in [-0.2, -0.15) is 10.1 Å². The zero-order valence-electron chi connectivity index (χ0n) is 14.8. The minimum absolute atomic E-state index is 0.127. The van der Waals surface area contributed by atoms with E-state index in [9.17, 15) is 14.4 Å². The van der Waals surface area contributed by atoms with Crippen molar-refractivity contribution < 1.29 is 9.53 Å². The molecule has 1 aromatic heterocycles. The van der Waals surface area contributed by atoms with Gasteiger partial charge in [0, 0.05) is 24.2 Å². The Labute approximate surface area is 159 Å². The fourth-order valence-corrected chi connectivity index (χ4v) is 2.88. The summed E-state index contributed by atoms with van der Waals surface area (Å²) < 4.78 is 6.75. The van der Waals surface area contributed by atoms with Gasteiger partial charge < -0.3 is 4.74 Å². The molecule has 1 aromatic carbocycles. The van der Waals surface area contributed by atoms with Gasteiger partial charge >= 0.3 is 17.3 Å². The molecule has 0 unspecified atom stereocenters. The SMILES string of the molecule is COC(=O)[C@@H](C)n1c(=O)nc(N2CCC=N2)n(Cc2ccc(Cl)cc2)c1=O. The molecule has 0 fully saturated rings. The molecule has 27 heavy (non-hydrogen) atoms. The Balaban J connectivity index is 2.15. The van der Waals surface area contributed by atoms with Crippen molar-refractivity contribution in [2.24, 2.45) is 5.10 Å². The number of methoxy groups -OCH3 is 1. The number of nitrogens with zero attached hydrogens (tertiary/aromatic N) is 5. The molecule has 0 radical (unpaired) electrons. The Kier molecular flexibility index (Phi) is 5.41. The Morgan fingerprint density at radius 2 is 2.00 bits per heavy atom. The van der Waals surface area contributed by atoms with Crippen LogP contribution in [-0.4, -0.2) is 40.0 Å². The number of benzene rings is 1. The van der Waals surface area contributed by atoms with Crippen LogP contribution in [0, 0.1) is 0 Å².